The van der Waals surface area contributed by atoms with Crippen molar-refractivity contribution < 1.29 is 14.3 Å². The van der Waals surface area contributed by atoms with Gasteiger partial charge in [0, 0.05) is 11.4 Å². The summed E-state index contributed by atoms with van der Waals surface area (Å²) in [6.07, 6.45) is 0. The zero-order chi connectivity index (χ0) is 20.8. The molecule has 7 nitrogen and oxygen atoms in total. The van der Waals surface area contributed by atoms with Crippen LogP contribution in [-0.2, 0) is 4.74 Å². The molecule has 1 amide bonds. The zero-order valence-electron chi connectivity index (χ0n) is 16.5. The third-order valence-electron chi connectivity index (χ3n) is 4.21. The summed E-state index contributed by atoms with van der Waals surface area (Å²) in [7, 11) is 0. The second-order valence-electron chi connectivity index (χ2n) is 6.50. The van der Waals surface area contributed by atoms with Crippen molar-refractivity contribution in [3.05, 3.63) is 77.0 Å². The zero-order valence-corrected chi connectivity index (χ0v) is 16.5. The molecule has 29 heavy (non-hydrogen) atoms. The highest BCUT2D eigenvalue weighted by Crippen LogP contribution is 2.20. The fourth-order valence-corrected chi connectivity index (χ4v) is 2.63. The van der Waals surface area contributed by atoms with E-state index in [1.165, 1.54) is 0 Å². The number of hydrogen-bond acceptors (Lipinski definition) is 6. The number of rotatable bonds is 6. The molecule has 1 aromatic heterocycles. The number of amides is 1. The first-order valence-electron chi connectivity index (χ1n) is 9.23. The summed E-state index contributed by atoms with van der Waals surface area (Å²) < 4.78 is 4.94. The van der Waals surface area contributed by atoms with Gasteiger partial charge < -0.3 is 15.4 Å². The van der Waals surface area contributed by atoms with Crippen LogP contribution >= 0.6 is 0 Å². The molecular formula is C22H22N4O3. The Morgan fingerprint density at radius 2 is 1.72 bits per heavy atom. The van der Waals surface area contributed by atoms with E-state index in [1.54, 1.807) is 43.3 Å². The molecule has 0 bridgehead atoms. The van der Waals surface area contributed by atoms with Crippen molar-refractivity contribution in [1.82, 2.24) is 10.2 Å². The Balaban J connectivity index is 1.64. The van der Waals surface area contributed by atoms with E-state index in [0.29, 0.717) is 23.7 Å². The molecule has 3 rings (SSSR count). The highest BCUT2D eigenvalue weighted by atomic mass is 16.5. The summed E-state index contributed by atoms with van der Waals surface area (Å²) >= 11 is 0. The minimum Gasteiger partial charge on any atom is -0.462 e. The van der Waals surface area contributed by atoms with Crippen LogP contribution in [-0.4, -0.2) is 28.7 Å². The lowest BCUT2D eigenvalue weighted by Crippen LogP contribution is -2.15. The van der Waals surface area contributed by atoms with Crippen LogP contribution in [0.1, 0.15) is 38.9 Å². The first-order chi connectivity index (χ1) is 14.0. The number of anilines is 3. The number of benzene rings is 2. The Labute approximate surface area is 169 Å². The monoisotopic (exact) mass is 390 g/mol. The Morgan fingerprint density at radius 3 is 2.38 bits per heavy atom. The number of aromatic nitrogens is 2. The van der Waals surface area contributed by atoms with E-state index >= 15 is 0 Å². The Morgan fingerprint density at radius 1 is 0.966 bits per heavy atom. The summed E-state index contributed by atoms with van der Waals surface area (Å²) in [6.45, 7) is 6.08. The fraction of sp³-hybridized carbons (Fsp3) is 0.182. The van der Waals surface area contributed by atoms with Gasteiger partial charge in [0.2, 0.25) is 0 Å². The van der Waals surface area contributed by atoms with Crippen molar-refractivity contribution in [3.63, 3.8) is 0 Å². The van der Waals surface area contributed by atoms with Gasteiger partial charge in [-0.2, -0.15) is 0 Å². The van der Waals surface area contributed by atoms with Crippen LogP contribution in [0.5, 0.6) is 0 Å². The number of nitrogens with one attached hydrogen (secondary N) is 2. The molecule has 0 spiro atoms. The van der Waals surface area contributed by atoms with Gasteiger partial charge in [-0.15, -0.1) is 10.2 Å². The molecule has 0 saturated heterocycles. The van der Waals surface area contributed by atoms with Crippen molar-refractivity contribution in [1.29, 1.82) is 0 Å². The average molecular weight is 390 g/mol. The van der Waals surface area contributed by atoms with E-state index in [-0.39, 0.29) is 11.6 Å². The second kappa shape index (κ2) is 8.97. The largest absolute Gasteiger partial charge is 0.462 e. The summed E-state index contributed by atoms with van der Waals surface area (Å²) in [5.41, 5.74) is 4.32. The van der Waals surface area contributed by atoms with Gasteiger partial charge >= 0.3 is 5.97 Å². The number of carbonyl (C=O) groups is 2. The van der Waals surface area contributed by atoms with Crippen LogP contribution in [0.4, 0.5) is 17.2 Å². The summed E-state index contributed by atoms with van der Waals surface area (Å²) in [5, 5.41) is 14.0. The van der Waals surface area contributed by atoms with Crippen molar-refractivity contribution >= 4 is 29.1 Å². The third kappa shape index (κ3) is 5.16. The molecule has 2 aromatic carbocycles. The smallest absolute Gasteiger partial charge is 0.338 e. The summed E-state index contributed by atoms with van der Waals surface area (Å²) in [6, 6.07) is 15.8. The molecule has 0 aliphatic rings. The second-order valence-corrected chi connectivity index (χ2v) is 6.50. The number of aryl methyl sites for hydroxylation is 2. The number of carbonyl (C=O) groups excluding carboxylic acids is 2. The molecule has 148 valence electrons. The molecule has 0 atom stereocenters. The maximum absolute atomic E-state index is 12.4. The topological polar surface area (TPSA) is 93.2 Å². The Hall–Kier alpha value is -3.74. The molecule has 7 heteroatoms. The minimum atomic E-state index is -0.400. The van der Waals surface area contributed by atoms with Crippen LogP contribution in [0.3, 0.4) is 0 Å². The van der Waals surface area contributed by atoms with Crippen molar-refractivity contribution in [2.45, 2.75) is 20.8 Å². The van der Waals surface area contributed by atoms with Crippen LogP contribution in [0.15, 0.2) is 54.6 Å². The van der Waals surface area contributed by atoms with E-state index in [4.69, 9.17) is 4.74 Å². The lowest BCUT2D eigenvalue weighted by atomic mass is 10.1. The number of ether oxygens (including phenoxy) is 1. The molecule has 0 aliphatic carbocycles. The van der Waals surface area contributed by atoms with Gasteiger partial charge in [-0.3, -0.25) is 4.79 Å². The maximum Gasteiger partial charge on any atom is 0.338 e. The van der Waals surface area contributed by atoms with E-state index in [1.807, 2.05) is 32.0 Å². The number of esters is 1. The fourth-order valence-electron chi connectivity index (χ4n) is 2.63. The predicted molar refractivity (Wildman–Crippen MR) is 112 cm³/mol. The van der Waals surface area contributed by atoms with Crippen LogP contribution in [0, 0.1) is 13.8 Å². The van der Waals surface area contributed by atoms with Crippen molar-refractivity contribution in [2.75, 3.05) is 17.2 Å². The van der Waals surface area contributed by atoms with Crippen LogP contribution in [0.2, 0.25) is 0 Å². The standard InChI is InChI=1S/C22H22N4O3/c1-4-29-22(28)16-7-9-17(10-8-16)23-21(27)18-11-12-20(26-25-18)24-19-13-14(2)5-6-15(19)3/h5-13H,4H2,1-3H3,(H,23,27)(H,24,26). The predicted octanol–water partition coefficient (Wildman–Crippen LogP) is 4.27. The van der Waals surface area contributed by atoms with Crippen LogP contribution in [0.25, 0.3) is 0 Å². The molecule has 0 radical (unpaired) electrons. The third-order valence-corrected chi connectivity index (χ3v) is 4.21. The summed E-state index contributed by atoms with van der Waals surface area (Å²) in [5.74, 6) is -0.239. The van der Waals surface area contributed by atoms with E-state index in [9.17, 15) is 9.59 Å². The van der Waals surface area contributed by atoms with Gasteiger partial charge in [0.05, 0.1) is 12.2 Å². The molecule has 3 aromatic rings. The lowest BCUT2D eigenvalue weighted by Gasteiger charge is -2.10. The van der Waals surface area contributed by atoms with E-state index < -0.39 is 5.97 Å². The molecule has 1 heterocycles. The lowest BCUT2D eigenvalue weighted by molar-refractivity contribution is 0.0526. The number of hydrogen-bond donors (Lipinski definition) is 2. The first kappa shape index (κ1) is 20.0. The van der Waals surface area contributed by atoms with Gasteiger partial charge in [-0.1, -0.05) is 12.1 Å². The highest BCUT2D eigenvalue weighted by molar-refractivity contribution is 6.03. The molecular weight excluding hydrogens is 368 g/mol. The molecule has 0 saturated carbocycles. The molecule has 2 N–H and O–H groups in total. The Kier molecular flexibility index (Phi) is 6.19. The SMILES string of the molecule is CCOC(=O)c1ccc(NC(=O)c2ccc(Nc3cc(C)ccc3C)nn2)cc1. The normalized spacial score (nSPS) is 10.3. The summed E-state index contributed by atoms with van der Waals surface area (Å²) in [4.78, 5) is 24.0. The van der Waals surface area contributed by atoms with Crippen molar-refractivity contribution in [3.8, 4) is 0 Å². The van der Waals surface area contributed by atoms with E-state index in [2.05, 4.69) is 20.8 Å². The minimum absolute atomic E-state index is 0.186. The maximum atomic E-state index is 12.4. The number of nitrogens with zero attached hydrogens (tertiary/aromatic N) is 2. The van der Waals surface area contributed by atoms with Crippen molar-refractivity contribution in [2.24, 2.45) is 0 Å². The van der Waals surface area contributed by atoms with Gasteiger partial charge in [0.25, 0.3) is 5.91 Å². The molecule has 0 fully saturated rings. The van der Waals surface area contributed by atoms with E-state index in [0.717, 1.165) is 16.8 Å². The molecule has 0 unspecified atom stereocenters. The first-order valence-corrected chi connectivity index (χ1v) is 9.23. The van der Waals surface area contributed by atoms with Gasteiger partial charge in [-0.25, -0.2) is 4.79 Å². The average Bonchev–Trinajstić information content (AvgIpc) is 2.72. The quantitative estimate of drug-likeness (QED) is 0.611. The van der Waals surface area contributed by atoms with Crippen LogP contribution < -0.4 is 10.6 Å². The van der Waals surface area contributed by atoms with Gasteiger partial charge in [-0.05, 0) is 74.4 Å². The molecule has 0 aliphatic heterocycles. The van der Waals surface area contributed by atoms with Gasteiger partial charge in [0.1, 0.15) is 0 Å². The Bertz CT molecular complexity index is 1020. The highest BCUT2D eigenvalue weighted by Gasteiger charge is 2.11. The van der Waals surface area contributed by atoms with Gasteiger partial charge in [0.15, 0.2) is 11.5 Å².